The number of hydrogen-bond acceptors (Lipinski definition) is 3. The highest BCUT2D eigenvalue weighted by Gasteiger charge is 2.14. The van der Waals surface area contributed by atoms with Crippen LogP contribution >= 0.6 is 11.6 Å². The van der Waals surface area contributed by atoms with Crippen molar-refractivity contribution in [3.63, 3.8) is 0 Å². The van der Waals surface area contributed by atoms with E-state index in [-0.39, 0.29) is 22.1 Å². The van der Waals surface area contributed by atoms with Crippen LogP contribution in [0.4, 0.5) is 20.6 Å². The van der Waals surface area contributed by atoms with Crippen LogP contribution in [-0.4, -0.2) is 22.1 Å². The van der Waals surface area contributed by atoms with Crippen LogP contribution in [0, 0.1) is 5.82 Å². The maximum absolute atomic E-state index is 13.6. The summed E-state index contributed by atoms with van der Waals surface area (Å²) in [5.41, 5.74) is -0.454. The van der Waals surface area contributed by atoms with Crippen molar-refractivity contribution in [1.82, 2.24) is 4.98 Å². The zero-order valence-corrected chi connectivity index (χ0v) is 11.2. The fourth-order valence-electron chi connectivity index (χ4n) is 1.55. The first-order valence-electron chi connectivity index (χ1n) is 5.69. The molecule has 0 radical (unpaired) electrons. The van der Waals surface area contributed by atoms with E-state index < -0.39 is 17.8 Å². The molecule has 21 heavy (non-hydrogen) atoms. The molecular weight excluding hydrogens is 301 g/mol. The Hall–Kier alpha value is -2.67. The zero-order valence-electron chi connectivity index (χ0n) is 10.4. The quantitative estimate of drug-likeness (QED) is 0.812. The second-order valence-electron chi connectivity index (χ2n) is 3.89. The van der Waals surface area contributed by atoms with Crippen molar-refractivity contribution in [2.75, 3.05) is 10.6 Å². The third kappa shape index (κ3) is 3.46. The monoisotopic (exact) mass is 309 g/mol. The average molecular weight is 310 g/mol. The Morgan fingerprint density at radius 2 is 1.81 bits per heavy atom. The number of hydrogen-bond donors (Lipinski definition) is 3. The summed E-state index contributed by atoms with van der Waals surface area (Å²) < 4.78 is 13.6. The number of amides is 2. The number of rotatable bonds is 3. The molecule has 2 rings (SSSR count). The number of benzene rings is 1. The molecule has 1 heterocycles. The van der Waals surface area contributed by atoms with E-state index in [0.717, 1.165) is 0 Å². The van der Waals surface area contributed by atoms with Gasteiger partial charge in [0.15, 0.2) is 11.5 Å². The molecule has 0 fully saturated rings. The number of aromatic carboxylic acids is 1. The summed E-state index contributed by atoms with van der Waals surface area (Å²) in [6.07, 6.45) is 1.28. The Balaban J connectivity index is 2.16. The van der Waals surface area contributed by atoms with Crippen molar-refractivity contribution in [3.05, 3.63) is 53.1 Å². The lowest BCUT2D eigenvalue weighted by Gasteiger charge is -2.10. The normalized spacial score (nSPS) is 10.0. The van der Waals surface area contributed by atoms with E-state index in [1.807, 2.05) is 0 Å². The van der Waals surface area contributed by atoms with Crippen molar-refractivity contribution < 1.29 is 19.1 Å². The van der Waals surface area contributed by atoms with Gasteiger partial charge in [0.05, 0.1) is 16.4 Å². The van der Waals surface area contributed by atoms with Gasteiger partial charge in [-0.05, 0) is 24.3 Å². The summed E-state index contributed by atoms with van der Waals surface area (Å²) in [6, 6.07) is 6.14. The lowest BCUT2D eigenvalue weighted by atomic mass is 10.3. The lowest BCUT2D eigenvalue weighted by molar-refractivity contribution is 0.0691. The first-order valence-corrected chi connectivity index (χ1v) is 6.07. The van der Waals surface area contributed by atoms with Crippen molar-refractivity contribution in [2.45, 2.75) is 0 Å². The Kier molecular flexibility index (Phi) is 4.34. The van der Waals surface area contributed by atoms with E-state index in [1.54, 1.807) is 0 Å². The van der Waals surface area contributed by atoms with Gasteiger partial charge >= 0.3 is 12.0 Å². The van der Waals surface area contributed by atoms with Gasteiger partial charge in [-0.3, -0.25) is 0 Å². The minimum Gasteiger partial charge on any atom is -0.476 e. The highest BCUT2D eigenvalue weighted by molar-refractivity contribution is 6.31. The predicted molar refractivity (Wildman–Crippen MR) is 75.2 cm³/mol. The molecule has 108 valence electrons. The summed E-state index contributed by atoms with van der Waals surface area (Å²) in [5.74, 6) is -2.07. The van der Waals surface area contributed by atoms with Gasteiger partial charge in [0.2, 0.25) is 0 Å². The molecule has 0 spiro atoms. The third-order valence-corrected chi connectivity index (χ3v) is 2.75. The number of urea groups is 1. The molecule has 0 aliphatic carbocycles. The number of carboxylic acid groups (broad SMARTS) is 1. The third-order valence-electron chi connectivity index (χ3n) is 2.46. The first kappa shape index (κ1) is 14.7. The summed E-state index contributed by atoms with van der Waals surface area (Å²) in [5, 5.41) is 13.3. The molecule has 0 unspecified atom stereocenters. The summed E-state index contributed by atoms with van der Waals surface area (Å²) in [4.78, 5) is 26.3. The number of pyridine rings is 1. The topological polar surface area (TPSA) is 91.3 Å². The molecule has 0 atom stereocenters. The van der Waals surface area contributed by atoms with E-state index in [1.165, 1.54) is 36.5 Å². The van der Waals surface area contributed by atoms with E-state index in [2.05, 4.69) is 15.6 Å². The molecule has 0 saturated heterocycles. The summed E-state index contributed by atoms with van der Waals surface area (Å²) >= 11 is 5.59. The molecule has 3 N–H and O–H groups in total. The molecular formula is C13H9ClFN3O3. The minimum absolute atomic E-state index is 0.00932. The van der Waals surface area contributed by atoms with Crippen LogP contribution < -0.4 is 10.6 Å². The van der Waals surface area contributed by atoms with Crippen molar-refractivity contribution in [2.24, 2.45) is 0 Å². The van der Waals surface area contributed by atoms with Gasteiger partial charge in [0.25, 0.3) is 0 Å². The van der Waals surface area contributed by atoms with Gasteiger partial charge in [-0.2, -0.15) is 0 Å². The number of halogens is 2. The number of carbonyl (C=O) groups is 2. The highest BCUT2D eigenvalue weighted by Crippen LogP contribution is 2.22. The van der Waals surface area contributed by atoms with Crippen LogP contribution in [0.25, 0.3) is 0 Å². The van der Waals surface area contributed by atoms with E-state index in [0.29, 0.717) is 0 Å². The van der Waals surface area contributed by atoms with E-state index in [4.69, 9.17) is 16.7 Å². The fraction of sp³-hybridized carbons (Fsp3) is 0. The SMILES string of the molecule is O=C(Nc1cccnc1C(=O)O)Nc1cccc(Cl)c1F. The van der Waals surface area contributed by atoms with Gasteiger partial charge < -0.3 is 15.7 Å². The van der Waals surface area contributed by atoms with Gasteiger partial charge in [-0.25, -0.2) is 19.0 Å². The molecule has 6 nitrogen and oxygen atoms in total. The van der Waals surface area contributed by atoms with Gasteiger partial charge in [0, 0.05) is 6.20 Å². The number of aromatic nitrogens is 1. The molecule has 1 aromatic heterocycles. The predicted octanol–water partition coefficient (Wildman–Crippen LogP) is 3.22. The number of carboxylic acids is 1. The number of carbonyl (C=O) groups excluding carboxylic acids is 1. The molecule has 2 amide bonds. The minimum atomic E-state index is -1.29. The Bertz CT molecular complexity index is 709. The first-order chi connectivity index (χ1) is 9.99. The average Bonchev–Trinajstić information content (AvgIpc) is 2.44. The number of nitrogens with one attached hydrogen (secondary N) is 2. The smallest absolute Gasteiger partial charge is 0.356 e. The highest BCUT2D eigenvalue weighted by atomic mass is 35.5. The lowest BCUT2D eigenvalue weighted by Crippen LogP contribution is -2.22. The fourth-order valence-corrected chi connectivity index (χ4v) is 1.73. The summed E-state index contributed by atoms with van der Waals surface area (Å²) in [7, 11) is 0. The van der Waals surface area contributed by atoms with Crippen LogP contribution in [0.5, 0.6) is 0 Å². The zero-order chi connectivity index (χ0) is 15.4. The van der Waals surface area contributed by atoms with Gasteiger partial charge in [0.1, 0.15) is 0 Å². The summed E-state index contributed by atoms with van der Waals surface area (Å²) in [6.45, 7) is 0. The standard InChI is InChI=1S/C13H9ClFN3O3/c14-7-3-1-4-8(10(7)15)17-13(21)18-9-5-2-6-16-11(9)12(19)20/h1-6H,(H,19,20)(H2,17,18,21). The molecule has 2 aromatic rings. The van der Waals surface area contributed by atoms with Crippen LogP contribution in [0.1, 0.15) is 10.5 Å². The molecule has 8 heteroatoms. The number of nitrogens with zero attached hydrogens (tertiary/aromatic N) is 1. The maximum Gasteiger partial charge on any atom is 0.356 e. The van der Waals surface area contributed by atoms with Gasteiger partial charge in [-0.15, -0.1) is 0 Å². The van der Waals surface area contributed by atoms with E-state index >= 15 is 0 Å². The Morgan fingerprint density at radius 3 is 2.52 bits per heavy atom. The molecule has 0 saturated carbocycles. The second kappa shape index (κ2) is 6.19. The molecule has 0 bridgehead atoms. The van der Waals surface area contributed by atoms with Crippen LogP contribution in [0.3, 0.4) is 0 Å². The maximum atomic E-state index is 13.6. The second-order valence-corrected chi connectivity index (χ2v) is 4.29. The number of anilines is 2. The van der Waals surface area contributed by atoms with Crippen molar-refractivity contribution in [3.8, 4) is 0 Å². The van der Waals surface area contributed by atoms with Gasteiger partial charge in [-0.1, -0.05) is 17.7 Å². The Morgan fingerprint density at radius 1 is 1.14 bits per heavy atom. The van der Waals surface area contributed by atoms with Crippen molar-refractivity contribution in [1.29, 1.82) is 0 Å². The van der Waals surface area contributed by atoms with Crippen molar-refractivity contribution >= 4 is 35.0 Å². The molecule has 0 aliphatic heterocycles. The molecule has 0 aliphatic rings. The van der Waals surface area contributed by atoms with Crippen LogP contribution in [-0.2, 0) is 0 Å². The Labute approximate surface area is 123 Å². The van der Waals surface area contributed by atoms with Crippen LogP contribution in [0.15, 0.2) is 36.5 Å². The van der Waals surface area contributed by atoms with Crippen LogP contribution in [0.2, 0.25) is 5.02 Å². The molecule has 1 aromatic carbocycles. The largest absolute Gasteiger partial charge is 0.476 e. The van der Waals surface area contributed by atoms with E-state index in [9.17, 15) is 14.0 Å².